The molecule has 0 saturated carbocycles. The number of ether oxygens (including phenoxy) is 2. The number of carbonyl (C=O) groups excluding carboxylic acids is 2. The van der Waals surface area contributed by atoms with Crippen LogP contribution in [0.1, 0.15) is 39.6 Å². The number of aliphatic hydroxyl groups is 1. The molecule has 0 saturated heterocycles. The highest BCUT2D eigenvalue weighted by Crippen LogP contribution is 2.35. The van der Waals surface area contributed by atoms with Crippen LogP contribution >= 0.6 is 11.3 Å². The summed E-state index contributed by atoms with van der Waals surface area (Å²) in [6.45, 7) is 5.39. The summed E-state index contributed by atoms with van der Waals surface area (Å²) in [4.78, 5) is 35.5. The SMILES string of the molecule is COc1ccc(CN(C)C[C@H]2Oc3c(NC(=O)c4nc5ccccc5s4)cccc3C(=O)N([C@@H](C)CO)C[C@@H]2C)cc1. The summed E-state index contributed by atoms with van der Waals surface area (Å²) in [5, 5.41) is 13.2. The number of hydrogen-bond donors (Lipinski definition) is 2. The van der Waals surface area contributed by atoms with E-state index in [0.29, 0.717) is 41.6 Å². The number of hydrogen-bond acceptors (Lipinski definition) is 8. The number of thiazole rings is 1. The number of likely N-dealkylation sites (N-methyl/N-ethyl adjacent to an activating group) is 1. The van der Waals surface area contributed by atoms with E-state index in [2.05, 4.69) is 15.2 Å². The number of benzene rings is 3. The van der Waals surface area contributed by atoms with E-state index in [-0.39, 0.29) is 36.5 Å². The molecule has 4 aromatic rings. The highest BCUT2D eigenvalue weighted by atomic mass is 32.1. The molecule has 42 heavy (non-hydrogen) atoms. The average molecular weight is 589 g/mol. The summed E-state index contributed by atoms with van der Waals surface area (Å²) >= 11 is 1.31. The van der Waals surface area contributed by atoms with Crippen LogP contribution < -0.4 is 14.8 Å². The molecule has 2 N–H and O–H groups in total. The summed E-state index contributed by atoms with van der Waals surface area (Å²) in [6.07, 6.45) is -0.311. The molecule has 220 valence electrons. The number of methoxy groups -OCH3 is 1. The Morgan fingerprint density at radius 1 is 1.19 bits per heavy atom. The van der Waals surface area contributed by atoms with E-state index in [1.165, 1.54) is 11.3 Å². The van der Waals surface area contributed by atoms with E-state index in [1.807, 2.05) is 69.4 Å². The maximum atomic E-state index is 13.8. The minimum Gasteiger partial charge on any atom is -0.497 e. The van der Waals surface area contributed by atoms with E-state index < -0.39 is 0 Å². The summed E-state index contributed by atoms with van der Waals surface area (Å²) in [6, 6.07) is 20.3. The molecule has 2 amide bonds. The first kappa shape index (κ1) is 29.5. The number of nitrogens with zero attached hydrogens (tertiary/aromatic N) is 3. The lowest BCUT2D eigenvalue weighted by molar-refractivity contribution is 0.0343. The van der Waals surface area contributed by atoms with Crippen LogP contribution in [-0.2, 0) is 6.54 Å². The van der Waals surface area contributed by atoms with Crippen molar-refractivity contribution in [1.82, 2.24) is 14.8 Å². The van der Waals surface area contributed by atoms with Crippen LogP contribution in [-0.4, -0.2) is 77.7 Å². The zero-order valence-electron chi connectivity index (χ0n) is 24.2. The van der Waals surface area contributed by atoms with Gasteiger partial charge in [0.1, 0.15) is 11.9 Å². The molecule has 9 nitrogen and oxygen atoms in total. The van der Waals surface area contributed by atoms with Crippen molar-refractivity contribution in [2.75, 3.05) is 39.2 Å². The zero-order chi connectivity index (χ0) is 29.8. The summed E-state index contributed by atoms with van der Waals surface area (Å²) in [5.74, 6) is 0.436. The van der Waals surface area contributed by atoms with Crippen molar-refractivity contribution < 1.29 is 24.2 Å². The van der Waals surface area contributed by atoms with E-state index >= 15 is 0 Å². The van der Waals surface area contributed by atoms with Crippen LogP contribution in [0, 0.1) is 5.92 Å². The molecule has 0 aliphatic carbocycles. The molecular formula is C32H36N4O5S. The predicted molar refractivity (Wildman–Crippen MR) is 165 cm³/mol. The molecular weight excluding hydrogens is 552 g/mol. The molecule has 0 unspecified atom stereocenters. The second kappa shape index (κ2) is 12.9. The van der Waals surface area contributed by atoms with Gasteiger partial charge < -0.3 is 24.8 Å². The Morgan fingerprint density at radius 3 is 2.67 bits per heavy atom. The third-order valence-electron chi connectivity index (χ3n) is 7.53. The zero-order valence-corrected chi connectivity index (χ0v) is 25.1. The van der Waals surface area contributed by atoms with Crippen molar-refractivity contribution in [2.24, 2.45) is 5.92 Å². The van der Waals surface area contributed by atoms with E-state index in [9.17, 15) is 14.7 Å². The fourth-order valence-electron chi connectivity index (χ4n) is 5.12. The number of anilines is 1. The van der Waals surface area contributed by atoms with E-state index in [0.717, 1.165) is 21.5 Å². The summed E-state index contributed by atoms with van der Waals surface area (Å²) in [5.41, 5.74) is 2.63. The Hall–Kier alpha value is -3.99. The second-order valence-corrected chi connectivity index (χ2v) is 11.8. The molecule has 3 atom stereocenters. The molecule has 10 heteroatoms. The number of fused-ring (bicyclic) bond motifs is 2. The number of aromatic nitrogens is 1. The lowest BCUT2D eigenvalue weighted by atomic mass is 9.98. The molecule has 1 aromatic heterocycles. The average Bonchev–Trinajstić information content (AvgIpc) is 3.44. The smallest absolute Gasteiger partial charge is 0.284 e. The monoisotopic (exact) mass is 588 g/mol. The fraction of sp³-hybridized carbons (Fsp3) is 0.344. The topological polar surface area (TPSA) is 104 Å². The highest BCUT2D eigenvalue weighted by Gasteiger charge is 2.34. The lowest BCUT2D eigenvalue weighted by Gasteiger charge is -2.38. The van der Waals surface area contributed by atoms with Gasteiger partial charge in [-0.25, -0.2) is 4.98 Å². The molecule has 0 radical (unpaired) electrons. The number of rotatable bonds is 9. The van der Waals surface area contributed by atoms with Gasteiger partial charge in [-0.3, -0.25) is 14.5 Å². The summed E-state index contributed by atoms with van der Waals surface area (Å²) < 4.78 is 12.8. The van der Waals surface area contributed by atoms with Crippen LogP contribution in [0.3, 0.4) is 0 Å². The normalized spacial score (nSPS) is 17.8. The van der Waals surface area contributed by atoms with Crippen LogP contribution in [0.15, 0.2) is 66.7 Å². The van der Waals surface area contributed by atoms with Gasteiger partial charge in [0.15, 0.2) is 10.8 Å². The van der Waals surface area contributed by atoms with Crippen molar-refractivity contribution in [3.05, 3.63) is 82.9 Å². The fourth-order valence-corrected chi connectivity index (χ4v) is 5.98. The molecule has 0 bridgehead atoms. The van der Waals surface area contributed by atoms with Crippen LogP contribution in [0.4, 0.5) is 5.69 Å². The van der Waals surface area contributed by atoms with Gasteiger partial charge >= 0.3 is 0 Å². The van der Waals surface area contributed by atoms with Gasteiger partial charge in [-0.15, -0.1) is 11.3 Å². The van der Waals surface area contributed by atoms with Gasteiger partial charge in [-0.1, -0.05) is 37.3 Å². The van der Waals surface area contributed by atoms with Gasteiger partial charge in [0, 0.05) is 25.6 Å². The van der Waals surface area contributed by atoms with Crippen molar-refractivity contribution in [3.63, 3.8) is 0 Å². The van der Waals surface area contributed by atoms with Crippen LogP contribution in [0.5, 0.6) is 11.5 Å². The number of carbonyl (C=O) groups is 2. The maximum Gasteiger partial charge on any atom is 0.284 e. The van der Waals surface area contributed by atoms with Gasteiger partial charge in [-0.05, 0) is 55.9 Å². The number of amides is 2. The highest BCUT2D eigenvalue weighted by molar-refractivity contribution is 7.20. The molecule has 0 fully saturated rings. The second-order valence-electron chi connectivity index (χ2n) is 10.8. The lowest BCUT2D eigenvalue weighted by Crippen LogP contribution is -2.49. The van der Waals surface area contributed by atoms with E-state index in [4.69, 9.17) is 9.47 Å². The van der Waals surface area contributed by atoms with Gasteiger partial charge in [0.25, 0.3) is 11.8 Å². The molecule has 1 aliphatic rings. The quantitative estimate of drug-likeness (QED) is 0.286. The van der Waals surface area contributed by atoms with Gasteiger partial charge in [0.05, 0.1) is 41.2 Å². The standard InChI is InChI=1S/C32H36N4O5S/c1-20-16-36(21(2)19-37)32(39)24-8-7-10-26(33-30(38)31-34-25-9-5-6-11-28(25)42-31)29(24)41-27(20)18-35(3)17-22-12-14-23(40-4)15-13-22/h5-15,20-21,27,37H,16-19H2,1-4H3,(H,33,38)/t20-,21-,27+/m0/s1. The minimum absolute atomic E-state index is 0.0672. The Balaban J connectivity index is 1.45. The first-order valence-corrected chi connectivity index (χ1v) is 14.8. The van der Waals surface area contributed by atoms with Crippen molar-refractivity contribution in [1.29, 1.82) is 0 Å². The maximum absolute atomic E-state index is 13.8. The van der Waals surface area contributed by atoms with Crippen LogP contribution in [0.25, 0.3) is 10.2 Å². The van der Waals surface area contributed by atoms with Crippen molar-refractivity contribution >= 4 is 39.1 Å². The molecule has 2 heterocycles. The predicted octanol–water partition coefficient (Wildman–Crippen LogP) is 4.91. The first-order valence-electron chi connectivity index (χ1n) is 14.0. The van der Waals surface area contributed by atoms with Crippen molar-refractivity contribution in [3.8, 4) is 11.5 Å². The molecule has 5 rings (SSSR count). The Labute approximate surface area is 249 Å². The van der Waals surface area contributed by atoms with Gasteiger partial charge in [-0.2, -0.15) is 0 Å². The summed E-state index contributed by atoms with van der Waals surface area (Å²) in [7, 11) is 3.67. The van der Waals surface area contributed by atoms with Crippen molar-refractivity contribution in [2.45, 2.75) is 32.5 Å². The molecule has 0 spiro atoms. The third-order valence-corrected chi connectivity index (χ3v) is 8.57. The Bertz CT molecular complexity index is 1520. The minimum atomic E-state index is -0.385. The number of nitrogens with one attached hydrogen (secondary N) is 1. The van der Waals surface area contributed by atoms with Gasteiger partial charge in [0.2, 0.25) is 0 Å². The van der Waals surface area contributed by atoms with Crippen LogP contribution in [0.2, 0.25) is 0 Å². The number of aliphatic hydroxyl groups excluding tert-OH is 1. The van der Waals surface area contributed by atoms with E-state index in [1.54, 1.807) is 30.2 Å². The Kier molecular flexibility index (Phi) is 9.06. The molecule has 3 aromatic carbocycles. The first-order chi connectivity index (χ1) is 20.3. The Morgan fingerprint density at radius 2 is 1.95 bits per heavy atom. The molecule has 1 aliphatic heterocycles. The third kappa shape index (κ3) is 6.41. The largest absolute Gasteiger partial charge is 0.497 e. The number of para-hydroxylation sites is 2.